The summed E-state index contributed by atoms with van der Waals surface area (Å²) in [6.45, 7) is 6.04. The zero-order valence-electron chi connectivity index (χ0n) is 9.24. The quantitative estimate of drug-likeness (QED) is 0.791. The van der Waals surface area contributed by atoms with E-state index in [1.54, 1.807) is 25.6 Å². The Hall–Kier alpha value is -1.03. The number of hydrogen-bond donors (Lipinski definition) is 1. The first-order chi connectivity index (χ1) is 6.46. The lowest BCUT2D eigenvalue weighted by atomic mass is 10.1. The van der Waals surface area contributed by atoms with Crippen LogP contribution in [0.4, 0.5) is 0 Å². The first-order valence-electron chi connectivity index (χ1n) is 4.79. The summed E-state index contributed by atoms with van der Waals surface area (Å²) in [7, 11) is 1.61. The van der Waals surface area contributed by atoms with E-state index >= 15 is 0 Å². The third-order valence-corrected chi connectivity index (χ3v) is 1.92. The van der Waals surface area contributed by atoms with E-state index in [-0.39, 0.29) is 0 Å². The van der Waals surface area contributed by atoms with E-state index in [0.717, 1.165) is 12.0 Å². The summed E-state index contributed by atoms with van der Waals surface area (Å²) >= 11 is 0. The summed E-state index contributed by atoms with van der Waals surface area (Å²) in [5.41, 5.74) is 0.318. The lowest BCUT2D eigenvalue weighted by Gasteiger charge is -2.16. The van der Waals surface area contributed by atoms with Crippen LogP contribution in [0, 0.1) is 0 Å². The van der Waals surface area contributed by atoms with Crippen molar-refractivity contribution in [2.24, 2.45) is 0 Å². The molecule has 0 fully saturated rings. The van der Waals surface area contributed by atoms with Crippen LogP contribution >= 0.6 is 0 Å². The number of aromatic nitrogens is 2. The average molecular weight is 198 g/mol. The number of ether oxygens (including phenoxy) is 1. The zero-order chi connectivity index (χ0) is 10.8. The number of aryl methyl sites for hydroxylation is 1. The van der Waals surface area contributed by atoms with Gasteiger partial charge >= 0.3 is 0 Å². The Labute approximate surface area is 84.5 Å². The molecule has 4 nitrogen and oxygen atoms in total. The molecule has 1 heterocycles. The van der Waals surface area contributed by atoms with Gasteiger partial charge in [0.1, 0.15) is 0 Å². The fraction of sp³-hybridized carbons (Fsp3) is 0.700. The van der Waals surface area contributed by atoms with Crippen LogP contribution in [0.25, 0.3) is 0 Å². The Bertz CT molecular complexity index is 278. The van der Waals surface area contributed by atoms with E-state index in [2.05, 4.69) is 5.10 Å². The summed E-state index contributed by atoms with van der Waals surface area (Å²) in [5.74, 6) is 0.650. The molecule has 0 saturated carbocycles. The molecular formula is C10H18N2O2. The minimum absolute atomic E-state index is 0.476. The van der Waals surface area contributed by atoms with E-state index in [1.807, 2.05) is 13.1 Å². The van der Waals surface area contributed by atoms with Gasteiger partial charge in [0.2, 0.25) is 5.88 Å². The first-order valence-corrected chi connectivity index (χ1v) is 4.79. The van der Waals surface area contributed by atoms with Crippen molar-refractivity contribution < 1.29 is 9.84 Å². The highest BCUT2D eigenvalue weighted by Gasteiger charge is 2.16. The summed E-state index contributed by atoms with van der Waals surface area (Å²) < 4.78 is 6.84. The number of aliphatic hydroxyl groups is 1. The van der Waals surface area contributed by atoms with Crippen LogP contribution in [0.2, 0.25) is 0 Å². The van der Waals surface area contributed by atoms with Crippen molar-refractivity contribution in [3.05, 3.63) is 11.8 Å². The molecule has 0 aliphatic heterocycles. The van der Waals surface area contributed by atoms with E-state index in [4.69, 9.17) is 4.74 Å². The first kappa shape index (κ1) is 11.0. The van der Waals surface area contributed by atoms with Gasteiger partial charge in [0, 0.05) is 11.8 Å². The van der Waals surface area contributed by atoms with Gasteiger partial charge in [0.25, 0.3) is 0 Å². The average Bonchev–Trinajstić information content (AvgIpc) is 2.43. The largest absolute Gasteiger partial charge is 0.480 e. The van der Waals surface area contributed by atoms with Crippen LogP contribution < -0.4 is 4.74 Å². The molecule has 0 radical (unpaired) electrons. The molecule has 1 aromatic rings. The summed E-state index contributed by atoms with van der Waals surface area (Å²) in [5, 5.41) is 13.8. The standard InChI is InChI=1S/C10H18N2O2/c1-5-8-6-12(7-10(2,3)13)11-9(8)14-4/h6,13H,5,7H2,1-4H3. The maximum atomic E-state index is 9.61. The van der Waals surface area contributed by atoms with Crippen LogP contribution in [0.1, 0.15) is 26.3 Å². The van der Waals surface area contributed by atoms with Crippen LogP contribution in [0.3, 0.4) is 0 Å². The molecule has 0 amide bonds. The van der Waals surface area contributed by atoms with Crippen LogP contribution in [-0.4, -0.2) is 27.6 Å². The molecule has 0 aromatic carbocycles. The number of rotatable bonds is 4. The van der Waals surface area contributed by atoms with Gasteiger partial charge in [-0.15, -0.1) is 5.10 Å². The molecule has 0 spiro atoms. The molecule has 14 heavy (non-hydrogen) atoms. The van der Waals surface area contributed by atoms with Crippen molar-refractivity contribution in [1.29, 1.82) is 0 Å². The van der Waals surface area contributed by atoms with Crippen molar-refractivity contribution in [3.8, 4) is 5.88 Å². The second-order valence-corrected chi connectivity index (χ2v) is 4.03. The molecule has 0 unspecified atom stereocenters. The van der Waals surface area contributed by atoms with Gasteiger partial charge < -0.3 is 9.84 Å². The topological polar surface area (TPSA) is 47.3 Å². The third kappa shape index (κ3) is 2.73. The highest BCUT2D eigenvalue weighted by molar-refractivity contribution is 5.22. The molecule has 1 aromatic heterocycles. The van der Waals surface area contributed by atoms with Gasteiger partial charge in [0.05, 0.1) is 19.3 Å². The van der Waals surface area contributed by atoms with Crippen molar-refractivity contribution in [2.75, 3.05) is 7.11 Å². The summed E-state index contributed by atoms with van der Waals surface area (Å²) in [6, 6.07) is 0. The Balaban J connectivity index is 2.84. The molecule has 0 atom stereocenters. The van der Waals surface area contributed by atoms with Crippen LogP contribution in [0.5, 0.6) is 5.88 Å². The second-order valence-electron chi connectivity index (χ2n) is 4.03. The zero-order valence-corrected chi connectivity index (χ0v) is 9.24. The van der Waals surface area contributed by atoms with Crippen LogP contribution in [-0.2, 0) is 13.0 Å². The predicted molar refractivity (Wildman–Crippen MR) is 54.5 cm³/mol. The SMILES string of the molecule is CCc1cn(CC(C)(C)O)nc1OC. The van der Waals surface area contributed by atoms with Gasteiger partial charge in [-0.2, -0.15) is 0 Å². The minimum atomic E-state index is -0.748. The monoisotopic (exact) mass is 198 g/mol. The fourth-order valence-electron chi connectivity index (χ4n) is 1.34. The lowest BCUT2D eigenvalue weighted by Crippen LogP contribution is -2.26. The maximum absolute atomic E-state index is 9.61. The maximum Gasteiger partial charge on any atom is 0.235 e. The Morgan fingerprint density at radius 1 is 1.57 bits per heavy atom. The highest BCUT2D eigenvalue weighted by atomic mass is 16.5. The van der Waals surface area contributed by atoms with Crippen molar-refractivity contribution >= 4 is 0 Å². The van der Waals surface area contributed by atoms with Gasteiger partial charge in [-0.3, -0.25) is 4.68 Å². The van der Waals surface area contributed by atoms with E-state index in [9.17, 15) is 5.11 Å². The number of hydrogen-bond acceptors (Lipinski definition) is 3. The Morgan fingerprint density at radius 3 is 2.57 bits per heavy atom. The molecule has 0 saturated heterocycles. The Morgan fingerprint density at radius 2 is 2.21 bits per heavy atom. The van der Waals surface area contributed by atoms with Gasteiger partial charge in [-0.25, -0.2) is 0 Å². The van der Waals surface area contributed by atoms with E-state index in [0.29, 0.717) is 12.4 Å². The number of nitrogens with zero attached hydrogens (tertiary/aromatic N) is 2. The van der Waals surface area contributed by atoms with E-state index < -0.39 is 5.60 Å². The second kappa shape index (κ2) is 4.00. The minimum Gasteiger partial charge on any atom is -0.480 e. The molecular weight excluding hydrogens is 180 g/mol. The number of methoxy groups -OCH3 is 1. The van der Waals surface area contributed by atoms with Gasteiger partial charge in [-0.1, -0.05) is 6.92 Å². The fourth-order valence-corrected chi connectivity index (χ4v) is 1.34. The molecule has 0 aliphatic rings. The third-order valence-electron chi connectivity index (χ3n) is 1.92. The van der Waals surface area contributed by atoms with Crippen molar-refractivity contribution in [3.63, 3.8) is 0 Å². The predicted octanol–water partition coefficient (Wildman–Crippen LogP) is 1.22. The summed E-state index contributed by atoms with van der Waals surface area (Å²) in [6.07, 6.45) is 2.80. The normalized spacial score (nSPS) is 11.8. The molecule has 0 aliphatic carbocycles. The highest BCUT2D eigenvalue weighted by Crippen LogP contribution is 2.17. The molecule has 0 bridgehead atoms. The van der Waals surface area contributed by atoms with Gasteiger partial charge in [-0.05, 0) is 20.3 Å². The van der Waals surface area contributed by atoms with Gasteiger partial charge in [0.15, 0.2) is 0 Å². The van der Waals surface area contributed by atoms with Crippen molar-refractivity contribution in [1.82, 2.24) is 9.78 Å². The lowest BCUT2D eigenvalue weighted by molar-refractivity contribution is 0.0574. The summed E-state index contributed by atoms with van der Waals surface area (Å²) in [4.78, 5) is 0. The molecule has 1 N–H and O–H groups in total. The molecule has 80 valence electrons. The molecule has 4 heteroatoms. The van der Waals surface area contributed by atoms with E-state index in [1.165, 1.54) is 0 Å². The smallest absolute Gasteiger partial charge is 0.235 e. The van der Waals surface area contributed by atoms with Crippen LogP contribution in [0.15, 0.2) is 6.20 Å². The Kier molecular flexibility index (Phi) is 3.16. The molecule has 1 rings (SSSR count). The van der Waals surface area contributed by atoms with Crippen molar-refractivity contribution in [2.45, 2.75) is 39.3 Å².